The first-order chi connectivity index (χ1) is 6.90. The molecule has 0 aromatic carbocycles. The molecule has 0 radical (unpaired) electrons. The Morgan fingerprint density at radius 3 is 2.93 bits per heavy atom. The summed E-state index contributed by atoms with van der Waals surface area (Å²) in [6, 6.07) is 0. The van der Waals surface area contributed by atoms with Crippen molar-refractivity contribution in [1.29, 1.82) is 0 Å². The molecule has 0 amide bonds. The van der Waals surface area contributed by atoms with Gasteiger partial charge in [-0.3, -0.25) is 0 Å². The number of aliphatic hydroxyl groups is 1. The zero-order chi connectivity index (χ0) is 9.80. The van der Waals surface area contributed by atoms with E-state index in [0.29, 0.717) is 5.82 Å². The van der Waals surface area contributed by atoms with Gasteiger partial charge < -0.3 is 14.2 Å². The topological polar surface area (TPSA) is 68.8 Å². The number of nitrogens with zero attached hydrogens (tertiary/aromatic N) is 5. The Bertz CT molecular complexity index is 380. The second-order valence-electron chi connectivity index (χ2n) is 2.90. The number of rotatable bonds is 4. The molecular formula is C8H11N5O. The van der Waals surface area contributed by atoms with Gasteiger partial charge in [-0.25, -0.2) is 4.98 Å². The van der Waals surface area contributed by atoms with Crippen molar-refractivity contribution in [2.45, 2.75) is 19.7 Å². The van der Waals surface area contributed by atoms with Crippen LogP contribution in [0.4, 0.5) is 0 Å². The highest BCUT2D eigenvalue weighted by Gasteiger charge is 2.01. The summed E-state index contributed by atoms with van der Waals surface area (Å²) in [6.07, 6.45) is 6.99. The fraction of sp³-hybridized carbons (Fsp3) is 0.375. The highest BCUT2D eigenvalue weighted by molar-refractivity contribution is 4.82. The van der Waals surface area contributed by atoms with E-state index in [9.17, 15) is 0 Å². The maximum absolute atomic E-state index is 8.92. The van der Waals surface area contributed by atoms with E-state index >= 15 is 0 Å². The molecule has 6 heteroatoms. The molecule has 0 bridgehead atoms. The van der Waals surface area contributed by atoms with Crippen LogP contribution in [-0.2, 0) is 19.7 Å². The van der Waals surface area contributed by atoms with Crippen LogP contribution >= 0.6 is 0 Å². The van der Waals surface area contributed by atoms with Gasteiger partial charge in [0.1, 0.15) is 12.9 Å². The van der Waals surface area contributed by atoms with Crippen LogP contribution in [0.1, 0.15) is 5.82 Å². The summed E-state index contributed by atoms with van der Waals surface area (Å²) in [4.78, 5) is 3.94. The van der Waals surface area contributed by atoms with Crippen LogP contribution < -0.4 is 0 Å². The molecule has 2 rings (SSSR count). The summed E-state index contributed by atoms with van der Waals surface area (Å²) in [5, 5.41) is 16.4. The Morgan fingerprint density at radius 1 is 1.29 bits per heavy atom. The van der Waals surface area contributed by atoms with Crippen molar-refractivity contribution < 1.29 is 5.11 Å². The molecule has 0 aliphatic rings. The van der Waals surface area contributed by atoms with E-state index in [0.717, 1.165) is 13.1 Å². The second kappa shape index (κ2) is 4.01. The molecule has 0 spiro atoms. The fourth-order valence-electron chi connectivity index (χ4n) is 1.23. The Labute approximate surface area is 80.8 Å². The van der Waals surface area contributed by atoms with Gasteiger partial charge in [-0.1, -0.05) is 0 Å². The van der Waals surface area contributed by atoms with Crippen molar-refractivity contribution in [3.8, 4) is 0 Å². The largest absolute Gasteiger partial charge is 0.388 e. The number of hydrogen-bond donors (Lipinski definition) is 1. The lowest BCUT2D eigenvalue weighted by atomic mass is 10.5. The molecule has 0 aliphatic carbocycles. The van der Waals surface area contributed by atoms with Crippen LogP contribution in [0.3, 0.4) is 0 Å². The zero-order valence-corrected chi connectivity index (χ0v) is 7.61. The van der Waals surface area contributed by atoms with Gasteiger partial charge in [-0.2, -0.15) is 0 Å². The second-order valence-corrected chi connectivity index (χ2v) is 2.90. The summed E-state index contributed by atoms with van der Waals surface area (Å²) >= 11 is 0. The molecule has 2 aromatic rings. The lowest BCUT2D eigenvalue weighted by Gasteiger charge is -2.04. The Hall–Kier alpha value is -1.69. The van der Waals surface area contributed by atoms with E-state index in [4.69, 9.17) is 5.11 Å². The molecule has 14 heavy (non-hydrogen) atoms. The molecule has 74 valence electrons. The predicted molar refractivity (Wildman–Crippen MR) is 48.2 cm³/mol. The number of hydrogen-bond acceptors (Lipinski definition) is 4. The standard InChI is InChI=1S/C8H11N5O/c14-5-8-11-10-7-13(8)4-3-12-2-1-9-6-12/h1-2,6-7,14H,3-5H2. The lowest BCUT2D eigenvalue weighted by Crippen LogP contribution is -2.08. The van der Waals surface area contributed by atoms with Crippen LogP contribution in [-0.4, -0.2) is 29.4 Å². The third kappa shape index (κ3) is 1.80. The molecule has 6 nitrogen and oxygen atoms in total. The van der Waals surface area contributed by atoms with Crippen LogP contribution in [0.5, 0.6) is 0 Å². The lowest BCUT2D eigenvalue weighted by molar-refractivity contribution is 0.263. The first-order valence-corrected chi connectivity index (χ1v) is 4.33. The minimum atomic E-state index is -0.0794. The summed E-state index contributed by atoms with van der Waals surface area (Å²) in [6.45, 7) is 1.45. The molecule has 0 saturated heterocycles. The van der Waals surface area contributed by atoms with E-state index in [2.05, 4.69) is 15.2 Å². The van der Waals surface area contributed by atoms with Crippen LogP contribution in [0.15, 0.2) is 25.0 Å². The van der Waals surface area contributed by atoms with Crippen molar-refractivity contribution >= 4 is 0 Å². The van der Waals surface area contributed by atoms with Crippen molar-refractivity contribution in [1.82, 2.24) is 24.3 Å². The molecular weight excluding hydrogens is 182 g/mol. The predicted octanol–water partition coefficient (Wildman–Crippen LogP) is -0.333. The van der Waals surface area contributed by atoms with Crippen molar-refractivity contribution in [2.75, 3.05) is 0 Å². The molecule has 0 unspecified atom stereocenters. The minimum Gasteiger partial charge on any atom is -0.388 e. The zero-order valence-electron chi connectivity index (χ0n) is 7.61. The summed E-state index contributed by atoms with van der Waals surface area (Å²) in [5.41, 5.74) is 0. The first-order valence-electron chi connectivity index (χ1n) is 4.33. The molecule has 0 fully saturated rings. The quantitative estimate of drug-likeness (QED) is 0.721. The Kier molecular flexibility index (Phi) is 2.55. The summed E-state index contributed by atoms with van der Waals surface area (Å²) < 4.78 is 3.78. The van der Waals surface area contributed by atoms with Crippen LogP contribution in [0.2, 0.25) is 0 Å². The molecule has 0 saturated carbocycles. The highest BCUT2D eigenvalue weighted by atomic mass is 16.3. The molecule has 2 heterocycles. The molecule has 2 aromatic heterocycles. The number of aromatic nitrogens is 5. The van der Waals surface area contributed by atoms with E-state index in [1.165, 1.54) is 0 Å². The van der Waals surface area contributed by atoms with Gasteiger partial charge in [-0.05, 0) is 0 Å². The van der Waals surface area contributed by atoms with Crippen LogP contribution in [0.25, 0.3) is 0 Å². The van der Waals surface area contributed by atoms with Gasteiger partial charge in [-0.15, -0.1) is 10.2 Å². The third-order valence-corrected chi connectivity index (χ3v) is 2.00. The normalized spacial score (nSPS) is 10.6. The average molecular weight is 193 g/mol. The van der Waals surface area contributed by atoms with Crippen molar-refractivity contribution in [3.63, 3.8) is 0 Å². The number of aryl methyl sites for hydroxylation is 2. The highest BCUT2D eigenvalue weighted by Crippen LogP contribution is 1.96. The van der Waals surface area contributed by atoms with E-state index in [-0.39, 0.29) is 6.61 Å². The van der Waals surface area contributed by atoms with Gasteiger partial charge in [0.25, 0.3) is 0 Å². The number of imidazole rings is 1. The van der Waals surface area contributed by atoms with Gasteiger partial charge in [0.15, 0.2) is 5.82 Å². The summed E-state index contributed by atoms with van der Waals surface area (Å²) in [5.74, 6) is 0.588. The van der Waals surface area contributed by atoms with E-state index < -0.39 is 0 Å². The van der Waals surface area contributed by atoms with Crippen molar-refractivity contribution in [2.24, 2.45) is 0 Å². The van der Waals surface area contributed by atoms with Gasteiger partial charge in [0, 0.05) is 25.5 Å². The van der Waals surface area contributed by atoms with Gasteiger partial charge >= 0.3 is 0 Å². The fourth-order valence-corrected chi connectivity index (χ4v) is 1.23. The maximum atomic E-state index is 8.92. The SMILES string of the molecule is OCc1nncn1CCn1ccnc1. The van der Waals surface area contributed by atoms with E-state index in [1.807, 2.05) is 15.3 Å². The minimum absolute atomic E-state index is 0.0794. The maximum Gasteiger partial charge on any atom is 0.158 e. The Balaban J connectivity index is 1.98. The molecule has 0 atom stereocenters. The first kappa shape index (κ1) is 8.89. The Morgan fingerprint density at radius 2 is 2.21 bits per heavy atom. The van der Waals surface area contributed by atoms with Crippen molar-refractivity contribution in [3.05, 3.63) is 30.9 Å². The smallest absolute Gasteiger partial charge is 0.158 e. The average Bonchev–Trinajstić information content (AvgIpc) is 2.85. The van der Waals surface area contributed by atoms with Gasteiger partial charge in [0.05, 0.1) is 6.33 Å². The third-order valence-electron chi connectivity index (χ3n) is 2.00. The molecule has 0 aliphatic heterocycles. The van der Waals surface area contributed by atoms with Crippen LogP contribution in [0, 0.1) is 0 Å². The molecule has 1 N–H and O–H groups in total. The van der Waals surface area contributed by atoms with E-state index in [1.54, 1.807) is 18.9 Å². The monoisotopic (exact) mass is 193 g/mol. The summed E-state index contributed by atoms with van der Waals surface area (Å²) in [7, 11) is 0. The number of aliphatic hydroxyl groups excluding tert-OH is 1. The van der Waals surface area contributed by atoms with Gasteiger partial charge in [0.2, 0.25) is 0 Å².